The minimum atomic E-state index is -0.578. The van der Waals surface area contributed by atoms with E-state index in [0.717, 1.165) is 52.0 Å². The Morgan fingerprint density at radius 2 is 1.85 bits per heavy atom. The number of nitrogens with one attached hydrogen (secondary N) is 1. The summed E-state index contributed by atoms with van der Waals surface area (Å²) in [5, 5.41) is 3.34. The zero-order chi connectivity index (χ0) is 17.0. The predicted octanol–water partition coefficient (Wildman–Crippen LogP) is 2.71. The van der Waals surface area contributed by atoms with Crippen LogP contribution in [0.1, 0.15) is 51.9 Å². The number of piperidine rings is 3. The predicted molar refractivity (Wildman–Crippen MR) is 111 cm³/mol. The fraction of sp³-hybridized carbons (Fsp3) is 0.947. The van der Waals surface area contributed by atoms with Gasteiger partial charge in [-0.3, -0.25) is 4.79 Å². The lowest BCUT2D eigenvalue weighted by molar-refractivity contribution is -0.160. The van der Waals surface area contributed by atoms with Gasteiger partial charge in [-0.2, -0.15) is 0 Å². The molecule has 0 aromatic carbocycles. The lowest BCUT2D eigenvalue weighted by Gasteiger charge is -2.43. The SMILES string of the molecule is COC1(C(=O)N2CCCC(CN3CCCCC3C)C2)CCNCC1.Cl.Cl. The van der Waals surface area contributed by atoms with E-state index in [4.69, 9.17) is 4.74 Å². The van der Waals surface area contributed by atoms with Gasteiger partial charge in [0, 0.05) is 32.8 Å². The summed E-state index contributed by atoms with van der Waals surface area (Å²) >= 11 is 0. The van der Waals surface area contributed by atoms with E-state index in [0.29, 0.717) is 12.0 Å². The number of hydrogen-bond acceptors (Lipinski definition) is 4. The molecule has 2 atom stereocenters. The molecule has 3 rings (SSSR count). The van der Waals surface area contributed by atoms with Crippen molar-refractivity contribution in [2.24, 2.45) is 5.92 Å². The minimum Gasteiger partial charge on any atom is -0.368 e. The molecule has 154 valence electrons. The van der Waals surface area contributed by atoms with Crippen LogP contribution in [0.15, 0.2) is 0 Å². The van der Waals surface area contributed by atoms with Crippen LogP contribution >= 0.6 is 24.8 Å². The third-order valence-electron chi connectivity index (χ3n) is 6.43. The molecule has 0 aromatic heterocycles. The number of carbonyl (C=O) groups excluding carboxylic acids is 1. The van der Waals surface area contributed by atoms with E-state index in [1.165, 1.54) is 32.2 Å². The van der Waals surface area contributed by atoms with E-state index in [2.05, 4.69) is 22.0 Å². The Balaban J connectivity index is 0.00000169. The average molecular weight is 410 g/mol. The van der Waals surface area contributed by atoms with Crippen molar-refractivity contribution in [3.63, 3.8) is 0 Å². The molecule has 5 nitrogen and oxygen atoms in total. The van der Waals surface area contributed by atoms with Gasteiger partial charge < -0.3 is 19.9 Å². The third kappa shape index (κ3) is 5.48. The standard InChI is InChI=1S/C19H35N3O2.2ClH/c1-16-6-3-4-12-21(16)14-17-7-5-13-22(15-17)18(23)19(24-2)8-10-20-11-9-19;;/h16-17,20H,3-15H2,1-2H3;2*1H. The van der Waals surface area contributed by atoms with Gasteiger partial charge in [-0.05, 0) is 71.0 Å². The van der Waals surface area contributed by atoms with Crippen LogP contribution in [-0.2, 0) is 9.53 Å². The number of halogens is 2. The van der Waals surface area contributed by atoms with Crippen LogP contribution in [0.25, 0.3) is 0 Å². The van der Waals surface area contributed by atoms with Crippen LogP contribution in [0, 0.1) is 5.92 Å². The summed E-state index contributed by atoms with van der Waals surface area (Å²) in [4.78, 5) is 17.9. The van der Waals surface area contributed by atoms with Gasteiger partial charge in [0.25, 0.3) is 5.91 Å². The Labute approximate surface area is 171 Å². The first-order valence-corrected chi connectivity index (χ1v) is 9.94. The summed E-state index contributed by atoms with van der Waals surface area (Å²) in [7, 11) is 1.71. The second-order valence-electron chi connectivity index (χ2n) is 8.05. The zero-order valence-electron chi connectivity index (χ0n) is 16.4. The second-order valence-corrected chi connectivity index (χ2v) is 8.05. The summed E-state index contributed by atoms with van der Waals surface area (Å²) in [6.07, 6.45) is 8.02. The number of methoxy groups -OCH3 is 1. The number of hydrogen-bond donors (Lipinski definition) is 1. The molecular weight excluding hydrogens is 373 g/mol. The van der Waals surface area contributed by atoms with E-state index in [-0.39, 0.29) is 30.7 Å². The number of ether oxygens (including phenoxy) is 1. The van der Waals surface area contributed by atoms with E-state index in [1.54, 1.807) is 7.11 Å². The first-order chi connectivity index (χ1) is 11.6. The molecule has 26 heavy (non-hydrogen) atoms. The van der Waals surface area contributed by atoms with Crippen LogP contribution in [0.5, 0.6) is 0 Å². The largest absolute Gasteiger partial charge is 0.368 e. The van der Waals surface area contributed by atoms with Crippen molar-refractivity contribution in [1.82, 2.24) is 15.1 Å². The molecule has 1 N–H and O–H groups in total. The van der Waals surface area contributed by atoms with Gasteiger partial charge in [0.2, 0.25) is 0 Å². The first-order valence-electron chi connectivity index (χ1n) is 9.94. The van der Waals surface area contributed by atoms with Crippen molar-refractivity contribution >= 4 is 30.7 Å². The van der Waals surface area contributed by atoms with E-state index < -0.39 is 5.60 Å². The highest BCUT2D eigenvalue weighted by molar-refractivity contribution is 5.86. The fourth-order valence-corrected chi connectivity index (χ4v) is 4.78. The lowest BCUT2D eigenvalue weighted by atomic mass is 9.88. The van der Waals surface area contributed by atoms with Crippen molar-refractivity contribution in [3.05, 3.63) is 0 Å². The van der Waals surface area contributed by atoms with Gasteiger partial charge in [0.15, 0.2) is 0 Å². The van der Waals surface area contributed by atoms with Crippen LogP contribution in [-0.4, -0.2) is 73.7 Å². The molecule has 3 aliphatic rings. The summed E-state index contributed by atoms with van der Waals surface area (Å²) in [5.41, 5.74) is -0.578. The van der Waals surface area contributed by atoms with Gasteiger partial charge in [-0.1, -0.05) is 6.42 Å². The molecule has 3 aliphatic heterocycles. The van der Waals surface area contributed by atoms with E-state index in [9.17, 15) is 4.79 Å². The quantitative estimate of drug-likeness (QED) is 0.774. The summed E-state index contributed by atoms with van der Waals surface area (Å²) < 4.78 is 5.75. The molecule has 3 fully saturated rings. The molecular formula is C19H37Cl2N3O2. The zero-order valence-corrected chi connectivity index (χ0v) is 18.0. The average Bonchev–Trinajstić information content (AvgIpc) is 2.64. The van der Waals surface area contributed by atoms with Crippen molar-refractivity contribution in [2.75, 3.05) is 46.4 Å². The maximum Gasteiger partial charge on any atom is 0.254 e. The molecule has 1 amide bonds. The summed E-state index contributed by atoms with van der Waals surface area (Å²) in [5.74, 6) is 0.863. The molecule has 0 radical (unpaired) electrons. The van der Waals surface area contributed by atoms with Gasteiger partial charge in [-0.15, -0.1) is 24.8 Å². The van der Waals surface area contributed by atoms with Crippen LogP contribution in [0.3, 0.4) is 0 Å². The Bertz CT molecular complexity index is 433. The highest BCUT2D eigenvalue weighted by Crippen LogP contribution is 2.29. The molecule has 0 aliphatic carbocycles. The highest BCUT2D eigenvalue weighted by atomic mass is 35.5. The van der Waals surface area contributed by atoms with E-state index in [1.807, 2.05) is 0 Å². The minimum absolute atomic E-state index is 0. The normalized spacial score (nSPS) is 29.4. The number of amides is 1. The molecule has 0 aromatic rings. The topological polar surface area (TPSA) is 44.8 Å². The second kappa shape index (κ2) is 11.1. The Morgan fingerprint density at radius 1 is 1.12 bits per heavy atom. The van der Waals surface area contributed by atoms with Gasteiger partial charge in [0.1, 0.15) is 5.60 Å². The van der Waals surface area contributed by atoms with E-state index >= 15 is 0 Å². The Hall–Kier alpha value is -0.0700. The lowest BCUT2D eigenvalue weighted by Crippen LogP contribution is -2.57. The van der Waals surface area contributed by atoms with Crippen molar-refractivity contribution in [1.29, 1.82) is 0 Å². The Morgan fingerprint density at radius 3 is 2.50 bits per heavy atom. The van der Waals surface area contributed by atoms with Crippen LogP contribution in [0.4, 0.5) is 0 Å². The summed E-state index contributed by atoms with van der Waals surface area (Å²) in [6, 6.07) is 0.708. The first kappa shape index (κ1) is 24.0. The molecule has 0 bridgehead atoms. The number of carbonyl (C=O) groups is 1. The van der Waals surface area contributed by atoms with Crippen molar-refractivity contribution < 1.29 is 9.53 Å². The molecule has 7 heteroatoms. The van der Waals surface area contributed by atoms with Crippen molar-refractivity contribution in [2.45, 2.75) is 63.5 Å². The monoisotopic (exact) mass is 409 g/mol. The smallest absolute Gasteiger partial charge is 0.254 e. The molecule has 2 unspecified atom stereocenters. The van der Waals surface area contributed by atoms with Crippen LogP contribution < -0.4 is 5.32 Å². The highest BCUT2D eigenvalue weighted by Gasteiger charge is 2.43. The third-order valence-corrected chi connectivity index (χ3v) is 6.43. The summed E-state index contributed by atoms with van der Waals surface area (Å²) in [6.45, 7) is 8.33. The number of likely N-dealkylation sites (tertiary alicyclic amines) is 2. The molecule has 0 saturated carbocycles. The van der Waals surface area contributed by atoms with Crippen LogP contribution in [0.2, 0.25) is 0 Å². The van der Waals surface area contributed by atoms with Gasteiger partial charge in [0.05, 0.1) is 0 Å². The maximum atomic E-state index is 13.2. The molecule has 0 spiro atoms. The number of nitrogens with zero attached hydrogens (tertiary/aromatic N) is 2. The molecule has 3 saturated heterocycles. The Kier molecular flexibility index (Phi) is 10.2. The number of rotatable bonds is 4. The fourth-order valence-electron chi connectivity index (χ4n) is 4.78. The van der Waals surface area contributed by atoms with Gasteiger partial charge >= 0.3 is 0 Å². The van der Waals surface area contributed by atoms with Crippen molar-refractivity contribution in [3.8, 4) is 0 Å². The molecule has 3 heterocycles. The maximum absolute atomic E-state index is 13.2. The van der Waals surface area contributed by atoms with Gasteiger partial charge in [-0.25, -0.2) is 0 Å².